The van der Waals surface area contributed by atoms with Gasteiger partial charge in [0.2, 0.25) is 5.91 Å². The number of carbonyl (C=O) groups is 1. The maximum Gasteiger partial charge on any atom is 0.229 e. The minimum atomic E-state index is -0.0617. The fraction of sp³-hybridized carbons (Fsp3) is 0.615. The molecule has 2 atom stereocenters. The third kappa shape index (κ3) is 3.78. The van der Waals surface area contributed by atoms with Gasteiger partial charge >= 0.3 is 0 Å². The predicted octanol–water partition coefficient (Wildman–Crippen LogP) is 2.09. The number of hydrogen-bond acceptors (Lipinski definition) is 4. The molecule has 1 N–H and O–H groups in total. The van der Waals surface area contributed by atoms with Crippen molar-refractivity contribution in [1.29, 1.82) is 0 Å². The summed E-state index contributed by atoms with van der Waals surface area (Å²) < 4.78 is 6.51. The summed E-state index contributed by atoms with van der Waals surface area (Å²) in [7, 11) is 1.86. The van der Waals surface area contributed by atoms with Gasteiger partial charge in [0.05, 0.1) is 25.7 Å². The second-order valence-corrected chi connectivity index (χ2v) is 6.65. The van der Waals surface area contributed by atoms with Crippen molar-refractivity contribution in [3.63, 3.8) is 0 Å². The quantitative estimate of drug-likeness (QED) is 0.887. The summed E-state index contributed by atoms with van der Waals surface area (Å²) in [6.45, 7) is 4.72. The van der Waals surface area contributed by atoms with Crippen molar-refractivity contribution in [3.05, 3.63) is 20.8 Å². The Morgan fingerprint density at radius 3 is 3.05 bits per heavy atom. The fourth-order valence-electron chi connectivity index (χ4n) is 2.29. The molecule has 1 aliphatic heterocycles. The smallest absolute Gasteiger partial charge is 0.229 e. The molecule has 19 heavy (non-hydrogen) atoms. The highest BCUT2D eigenvalue weighted by Gasteiger charge is 2.35. The van der Waals surface area contributed by atoms with Crippen LogP contribution in [0.5, 0.6) is 0 Å². The zero-order valence-corrected chi connectivity index (χ0v) is 13.6. The van der Waals surface area contributed by atoms with E-state index in [-0.39, 0.29) is 17.9 Å². The number of hydrogen-bond donors (Lipinski definition) is 1. The fourth-order valence-corrected chi connectivity index (χ4v) is 3.80. The molecule has 1 fully saturated rings. The minimum absolute atomic E-state index is 0.0617. The van der Waals surface area contributed by atoms with Gasteiger partial charge in [0.1, 0.15) is 0 Å². The van der Waals surface area contributed by atoms with Gasteiger partial charge in [0.25, 0.3) is 0 Å². The van der Waals surface area contributed by atoms with E-state index >= 15 is 0 Å². The molecule has 2 heterocycles. The molecule has 0 aromatic carbocycles. The number of nitrogens with one attached hydrogen (secondary N) is 1. The number of thiophene rings is 1. The van der Waals surface area contributed by atoms with Gasteiger partial charge in [-0.3, -0.25) is 4.79 Å². The first-order chi connectivity index (χ1) is 9.11. The zero-order valence-electron chi connectivity index (χ0n) is 11.2. The van der Waals surface area contributed by atoms with Crippen LogP contribution in [0.4, 0.5) is 0 Å². The molecule has 1 aromatic rings. The molecule has 0 radical (unpaired) electrons. The molecule has 1 aliphatic rings. The zero-order chi connectivity index (χ0) is 13.8. The lowest BCUT2D eigenvalue weighted by atomic mass is 10.0. The number of rotatable bonds is 5. The Morgan fingerprint density at radius 2 is 2.42 bits per heavy atom. The third-order valence-electron chi connectivity index (χ3n) is 3.26. The summed E-state index contributed by atoms with van der Waals surface area (Å²) in [4.78, 5) is 15.4. The van der Waals surface area contributed by atoms with Crippen LogP contribution in [0.15, 0.2) is 15.9 Å². The van der Waals surface area contributed by atoms with Crippen LogP contribution in [0, 0.1) is 5.92 Å². The Morgan fingerprint density at radius 1 is 1.63 bits per heavy atom. The van der Waals surface area contributed by atoms with E-state index in [0.29, 0.717) is 19.8 Å². The minimum Gasteiger partial charge on any atom is -0.379 e. The molecular weight excluding hydrogens is 328 g/mol. The molecular formula is C13H19BrN2O2S. The second-order valence-electron chi connectivity index (χ2n) is 4.73. The van der Waals surface area contributed by atoms with Crippen LogP contribution in [-0.2, 0) is 16.1 Å². The van der Waals surface area contributed by atoms with E-state index < -0.39 is 0 Å². The molecule has 0 saturated carbocycles. The second kappa shape index (κ2) is 6.83. The molecule has 2 unspecified atom stereocenters. The average Bonchev–Trinajstić information content (AvgIpc) is 2.98. The number of carbonyl (C=O) groups excluding carboxylic acids is 1. The Balaban J connectivity index is 1.94. The van der Waals surface area contributed by atoms with Crippen molar-refractivity contribution in [1.82, 2.24) is 10.2 Å². The van der Waals surface area contributed by atoms with Crippen LogP contribution < -0.4 is 5.32 Å². The van der Waals surface area contributed by atoms with E-state index in [1.54, 1.807) is 16.2 Å². The molecule has 6 heteroatoms. The third-order valence-corrected chi connectivity index (χ3v) is 4.94. The van der Waals surface area contributed by atoms with Crippen molar-refractivity contribution in [2.45, 2.75) is 19.5 Å². The molecule has 0 bridgehead atoms. The number of amides is 1. The molecule has 0 spiro atoms. The number of nitrogens with zero attached hydrogens (tertiary/aromatic N) is 1. The van der Waals surface area contributed by atoms with Crippen LogP contribution in [-0.4, -0.2) is 43.7 Å². The first-order valence-corrected chi connectivity index (χ1v) is 8.08. The van der Waals surface area contributed by atoms with E-state index in [2.05, 4.69) is 27.3 Å². The molecule has 1 aromatic heterocycles. The molecule has 1 amide bonds. The standard InChI is InChI=1S/C13H19BrN2O2S/c1-3-15-12-7-18-6-11(12)13(17)16(2)5-10-4-9(14)8-19-10/h4,8,11-12,15H,3,5-7H2,1-2H3. The predicted molar refractivity (Wildman–Crippen MR) is 80.3 cm³/mol. The van der Waals surface area contributed by atoms with Gasteiger partial charge in [0, 0.05) is 27.8 Å². The molecule has 0 aliphatic carbocycles. The summed E-state index contributed by atoms with van der Waals surface area (Å²) in [5, 5.41) is 5.36. The Labute approximate surface area is 126 Å². The highest BCUT2D eigenvalue weighted by molar-refractivity contribution is 9.10. The monoisotopic (exact) mass is 346 g/mol. The van der Waals surface area contributed by atoms with Crippen molar-refractivity contribution >= 4 is 33.2 Å². The van der Waals surface area contributed by atoms with Crippen LogP contribution in [0.25, 0.3) is 0 Å². The summed E-state index contributed by atoms with van der Waals surface area (Å²) >= 11 is 5.09. The summed E-state index contributed by atoms with van der Waals surface area (Å²) in [6, 6.07) is 2.21. The van der Waals surface area contributed by atoms with Gasteiger partial charge in [-0.15, -0.1) is 11.3 Å². The summed E-state index contributed by atoms with van der Waals surface area (Å²) in [6.07, 6.45) is 0. The van der Waals surface area contributed by atoms with Crippen molar-refractivity contribution in [2.24, 2.45) is 5.92 Å². The highest BCUT2D eigenvalue weighted by Crippen LogP contribution is 2.22. The maximum atomic E-state index is 12.4. The van der Waals surface area contributed by atoms with E-state index in [0.717, 1.165) is 11.0 Å². The molecule has 1 saturated heterocycles. The Bertz CT molecular complexity index is 438. The molecule has 2 rings (SSSR count). The summed E-state index contributed by atoms with van der Waals surface area (Å²) in [5.74, 6) is 0.0984. The molecule has 4 nitrogen and oxygen atoms in total. The topological polar surface area (TPSA) is 41.6 Å². The Kier molecular flexibility index (Phi) is 5.38. The Hall–Kier alpha value is -0.430. The van der Waals surface area contributed by atoms with Gasteiger partial charge in [0.15, 0.2) is 0 Å². The lowest BCUT2D eigenvalue weighted by Crippen LogP contribution is -2.44. The first-order valence-electron chi connectivity index (χ1n) is 6.40. The lowest BCUT2D eigenvalue weighted by Gasteiger charge is -2.23. The van der Waals surface area contributed by atoms with E-state index in [1.807, 2.05) is 19.4 Å². The first kappa shape index (κ1) is 15.0. The van der Waals surface area contributed by atoms with Crippen LogP contribution >= 0.6 is 27.3 Å². The van der Waals surface area contributed by atoms with Crippen molar-refractivity contribution in [3.8, 4) is 0 Å². The van der Waals surface area contributed by atoms with Crippen molar-refractivity contribution in [2.75, 3.05) is 26.8 Å². The maximum absolute atomic E-state index is 12.4. The highest BCUT2D eigenvalue weighted by atomic mass is 79.9. The SMILES string of the molecule is CCNC1COCC1C(=O)N(C)Cc1cc(Br)cs1. The van der Waals surface area contributed by atoms with E-state index in [9.17, 15) is 4.79 Å². The van der Waals surface area contributed by atoms with Crippen LogP contribution in [0.1, 0.15) is 11.8 Å². The van der Waals surface area contributed by atoms with Gasteiger partial charge in [-0.2, -0.15) is 0 Å². The van der Waals surface area contributed by atoms with Gasteiger partial charge in [-0.25, -0.2) is 0 Å². The van der Waals surface area contributed by atoms with Crippen LogP contribution in [0.3, 0.4) is 0 Å². The normalized spacial score (nSPS) is 22.7. The van der Waals surface area contributed by atoms with Gasteiger partial charge in [-0.05, 0) is 28.5 Å². The van der Waals surface area contributed by atoms with E-state index in [4.69, 9.17) is 4.74 Å². The van der Waals surface area contributed by atoms with Crippen molar-refractivity contribution < 1.29 is 9.53 Å². The summed E-state index contributed by atoms with van der Waals surface area (Å²) in [5.41, 5.74) is 0. The average molecular weight is 347 g/mol. The number of ether oxygens (including phenoxy) is 1. The lowest BCUT2D eigenvalue weighted by molar-refractivity contribution is -0.135. The van der Waals surface area contributed by atoms with Gasteiger partial charge in [-0.1, -0.05) is 6.92 Å². The van der Waals surface area contributed by atoms with E-state index in [1.165, 1.54) is 4.88 Å². The number of halogens is 1. The number of likely N-dealkylation sites (N-methyl/N-ethyl adjacent to an activating group) is 1. The van der Waals surface area contributed by atoms with Crippen LogP contribution in [0.2, 0.25) is 0 Å². The largest absolute Gasteiger partial charge is 0.379 e. The molecule has 106 valence electrons. The van der Waals surface area contributed by atoms with Gasteiger partial charge < -0.3 is 15.0 Å².